The van der Waals surface area contributed by atoms with Gasteiger partial charge in [0, 0.05) is 26.4 Å². The Morgan fingerprint density at radius 1 is 1.40 bits per heavy atom. The van der Waals surface area contributed by atoms with Crippen LogP contribution in [0.4, 0.5) is 5.69 Å². The number of nitrogen functional groups attached to an aromatic ring is 1. The van der Waals surface area contributed by atoms with Crippen molar-refractivity contribution in [1.29, 1.82) is 5.26 Å². The number of ether oxygens (including phenoxy) is 1. The third-order valence-electron chi connectivity index (χ3n) is 3.53. The molecule has 0 amide bonds. The molecule has 1 aromatic heterocycles. The van der Waals surface area contributed by atoms with Crippen LogP contribution in [0.2, 0.25) is 0 Å². The van der Waals surface area contributed by atoms with E-state index in [4.69, 9.17) is 11.0 Å². The smallest absolute Gasteiger partial charge is 0.357 e. The van der Waals surface area contributed by atoms with E-state index in [1.54, 1.807) is 0 Å². The summed E-state index contributed by atoms with van der Waals surface area (Å²) in [5, 5.41) is 19.4. The van der Waals surface area contributed by atoms with Gasteiger partial charge in [0.2, 0.25) is 10.0 Å². The van der Waals surface area contributed by atoms with Crippen LogP contribution in [-0.2, 0) is 14.8 Å². The summed E-state index contributed by atoms with van der Waals surface area (Å²) in [5.74, 6) is -1.21. The molecule has 9 nitrogen and oxygen atoms in total. The third-order valence-corrected chi connectivity index (χ3v) is 5.34. The number of phenols is 1. The SMILES string of the molecule is COC(=O)c1c(N)c(C#N)cn1-c1ccc(S(=O)(=O)N(C)C)cc1O. The minimum absolute atomic E-state index is 0.0183. The molecule has 10 heteroatoms. The van der Waals surface area contributed by atoms with Gasteiger partial charge in [-0.2, -0.15) is 5.26 Å². The maximum Gasteiger partial charge on any atom is 0.357 e. The zero-order valence-corrected chi connectivity index (χ0v) is 14.5. The van der Waals surface area contributed by atoms with Crippen molar-refractivity contribution in [3.8, 4) is 17.5 Å². The highest BCUT2D eigenvalue weighted by Crippen LogP contribution is 2.31. The normalized spacial score (nSPS) is 11.3. The Morgan fingerprint density at radius 3 is 2.52 bits per heavy atom. The number of hydrogen-bond acceptors (Lipinski definition) is 7. The number of carbonyl (C=O) groups is 1. The Bertz CT molecular complexity index is 986. The maximum absolute atomic E-state index is 12.1. The van der Waals surface area contributed by atoms with Gasteiger partial charge in [0.15, 0.2) is 5.69 Å². The average Bonchev–Trinajstić information content (AvgIpc) is 2.90. The Kier molecular flexibility index (Phi) is 4.73. The second kappa shape index (κ2) is 6.46. The van der Waals surface area contributed by atoms with Crippen LogP contribution in [-0.4, -0.2) is 49.6 Å². The first-order chi connectivity index (χ1) is 11.6. The Labute approximate surface area is 144 Å². The number of phenolic OH excluding ortho intramolecular Hbond substituents is 1. The van der Waals surface area contributed by atoms with Crippen molar-refractivity contribution >= 4 is 21.7 Å². The molecule has 1 aromatic carbocycles. The minimum Gasteiger partial charge on any atom is -0.506 e. The van der Waals surface area contributed by atoms with Gasteiger partial charge in [0.05, 0.1) is 28.9 Å². The molecule has 0 atom stereocenters. The van der Waals surface area contributed by atoms with Gasteiger partial charge in [-0.3, -0.25) is 0 Å². The van der Waals surface area contributed by atoms with Crippen molar-refractivity contribution in [2.45, 2.75) is 4.90 Å². The largest absolute Gasteiger partial charge is 0.506 e. The lowest BCUT2D eigenvalue weighted by molar-refractivity contribution is 0.0593. The van der Waals surface area contributed by atoms with Gasteiger partial charge in [0.1, 0.15) is 11.8 Å². The standard InChI is InChI=1S/C15H16N4O5S/c1-18(2)25(22,23)10-4-5-11(12(20)6-10)19-8-9(7-16)13(17)14(19)15(21)24-3/h4-6,8,20H,17H2,1-3H3. The lowest BCUT2D eigenvalue weighted by Crippen LogP contribution is -2.22. The summed E-state index contributed by atoms with van der Waals surface area (Å²) in [7, 11) is 0.134. The van der Waals surface area contributed by atoms with E-state index in [1.807, 2.05) is 6.07 Å². The van der Waals surface area contributed by atoms with Gasteiger partial charge in [-0.05, 0) is 12.1 Å². The predicted octanol–water partition coefficient (Wildman–Crippen LogP) is 0.674. The first-order valence-corrected chi connectivity index (χ1v) is 8.34. The Morgan fingerprint density at radius 2 is 2.04 bits per heavy atom. The second-order valence-corrected chi connectivity index (χ2v) is 7.37. The lowest BCUT2D eigenvalue weighted by Gasteiger charge is -2.14. The number of aromatic nitrogens is 1. The number of carbonyl (C=O) groups excluding carboxylic acids is 1. The molecule has 0 aliphatic carbocycles. The number of rotatable bonds is 4. The summed E-state index contributed by atoms with van der Waals surface area (Å²) in [6, 6.07) is 5.46. The fourth-order valence-corrected chi connectivity index (χ4v) is 3.11. The second-order valence-electron chi connectivity index (χ2n) is 5.22. The minimum atomic E-state index is -3.74. The van der Waals surface area contributed by atoms with Gasteiger partial charge in [0.25, 0.3) is 0 Å². The molecular weight excluding hydrogens is 348 g/mol. The van der Waals surface area contributed by atoms with Crippen molar-refractivity contribution < 1.29 is 23.1 Å². The molecule has 0 saturated heterocycles. The highest BCUT2D eigenvalue weighted by molar-refractivity contribution is 7.89. The molecular formula is C15H16N4O5S. The number of nitriles is 1. The van der Waals surface area contributed by atoms with Crippen molar-refractivity contribution in [1.82, 2.24) is 8.87 Å². The number of benzene rings is 1. The number of methoxy groups -OCH3 is 1. The molecule has 2 aromatic rings. The van der Waals surface area contributed by atoms with Gasteiger partial charge >= 0.3 is 5.97 Å². The van der Waals surface area contributed by atoms with E-state index in [0.29, 0.717) is 0 Å². The first kappa shape index (κ1) is 18.3. The average molecular weight is 364 g/mol. The molecule has 0 aliphatic rings. The first-order valence-electron chi connectivity index (χ1n) is 6.90. The zero-order chi connectivity index (χ0) is 18.9. The van der Waals surface area contributed by atoms with Crippen LogP contribution in [0.1, 0.15) is 16.1 Å². The van der Waals surface area contributed by atoms with E-state index < -0.39 is 21.7 Å². The van der Waals surface area contributed by atoms with Crippen molar-refractivity contribution in [2.24, 2.45) is 0 Å². The highest BCUT2D eigenvalue weighted by Gasteiger charge is 2.24. The summed E-state index contributed by atoms with van der Waals surface area (Å²) in [6.45, 7) is 0. The highest BCUT2D eigenvalue weighted by atomic mass is 32.2. The van der Waals surface area contributed by atoms with Gasteiger partial charge in [-0.25, -0.2) is 17.5 Å². The molecule has 3 N–H and O–H groups in total. The monoisotopic (exact) mass is 364 g/mol. The van der Waals surface area contributed by atoms with E-state index in [-0.39, 0.29) is 27.5 Å². The van der Waals surface area contributed by atoms with Crippen molar-refractivity contribution in [3.63, 3.8) is 0 Å². The number of sulfonamides is 1. The van der Waals surface area contributed by atoms with Crippen LogP contribution in [0, 0.1) is 11.3 Å². The van der Waals surface area contributed by atoms with Crippen LogP contribution in [0.5, 0.6) is 5.75 Å². The number of hydrogen-bond donors (Lipinski definition) is 2. The molecule has 0 saturated carbocycles. The van der Waals surface area contributed by atoms with E-state index in [9.17, 15) is 18.3 Å². The summed E-state index contributed by atoms with van der Waals surface area (Å²) in [6.07, 6.45) is 1.26. The van der Waals surface area contributed by atoms with E-state index in [1.165, 1.54) is 37.0 Å². The molecule has 0 radical (unpaired) electrons. The summed E-state index contributed by atoms with van der Waals surface area (Å²) in [4.78, 5) is 11.8. The number of esters is 1. The van der Waals surface area contributed by atoms with Crippen LogP contribution in [0.15, 0.2) is 29.3 Å². The molecule has 25 heavy (non-hydrogen) atoms. The molecule has 1 heterocycles. The quantitative estimate of drug-likeness (QED) is 0.760. The van der Waals surface area contributed by atoms with E-state index >= 15 is 0 Å². The molecule has 0 fully saturated rings. The molecule has 132 valence electrons. The summed E-state index contributed by atoms with van der Waals surface area (Å²) >= 11 is 0. The molecule has 2 rings (SSSR count). The van der Waals surface area contributed by atoms with Crippen LogP contribution < -0.4 is 5.73 Å². The summed E-state index contributed by atoms with van der Waals surface area (Å²) in [5.41, 5.74) is 5.64. The van der Waals surface area contributed by atoms with Gasteiger partial charge < -0.3 is 20.1 Å². The molecule has 0 unspecified atom stereocenters. The Balaban J connectivity index is 2.69. The van der Waals surface area contributed by atoms with Crippen LogP contribution >= 0.6 is 0 Å². The van der Waals surface area contributed by atoms with Crippen LogP contribution in [0.3, 0.4) is 0 Å². The topological polar surface area (TPSA) is 139 Å². The Hall–Kier alpha value is -3.03. The zero-order valence-electron chi connectivity index (χ0n) is 13.7. The van der Waals surface area contributed by atoms with Gasteiger partial charge in [-0.15, -0.1) is 0 Å². The van der Waals surface area contributed by atoms with Crippen molar-refractivity contribution in [2.75, 3.05) is 26.9 Å². The van der Waals surface area contributed by atoms with E-state index in [0.717, 1.165) is 17.5 Å². The number of nitrogens with two attached hydrogens (primary N) is 1. The predicted molar refractivity (Wildman–Crippen MR) is 88.8 cm³/mol. The number of aromatic hydroxyl groups is 1. The van der Waals surface area contributed by atoms with E-state index in [2.05, 4.69) is 4.74 Å². The van der Waals surface area contributed by atoms with Crippen LogP contribution in [0.25, 0.3) is 5.69 Å². The number of anilines is 1. The van der Waals surface area contributed by atoms with Gasteiger partial charge in [-0.1, -0.05) is 0 Å². The number of nitrogens with zero attached hydrogens (tertiary/aromatic N) is 3. The molecule has 0 spiro atoms. The molecule has 0 bridgehead atoms. The molecule has 0 aliphatic heterocycles. The lowest BCUT2D eigenvalue weighted by atomic mass is 10.2. The summed E-state index contributed by atoms with van der Waals surface area (Å²) < 4.78 is 31.1. The van der Waals surface area contributed by atoms with Crippen molar-refractivity contribution in [3.05, 3.63) is 35.7 Å². The maximum atomic E-state index is 12.1. The fraction of sp³-hybridized carbons (Fsp3) is 0.200. The fourth-order valence-electron chi connectivity index (χ4n) is 2.18. The third kappa shape index (κ3) is 3.02.